The predicted molar refractivity (Wildman–Crippen MR) is 76.1 cm³/mol. The van der Waals surface area contributed by atoms with Crippen LogP contribution in [0.15, 0.2) is 11.2 Å². The number of piperazine rings is 1. The van der Waals surface area contributed by atoms with Crippen molar-refractivity contribution < 1.29 is 8.42 Å². The van der Waals surface area contributed by atoms with Gasteiger partial charge in [0.2, 0.25) is 0 Å². The lowest BCUT2D eigenvalue weighted by Crippen LogP contribution is -2.56. The van der Waals surface area contributed by atoms with Crippen LogP contribution in [0.3, 0.4) is 0 Å². The molecule has 0 radical (unpaired) electrons. The second kappa shape index (κ2) is 5.29. The number of hydrogen-bond acceptors (Lipinski definition) is 4. The molecule has 0 aromatic carbocycles. The number of halogens is 1. The molecule has 3 heterocycles. The van der Waals surface area contributed by atoms with Gasteiger partial charge in [0, 0.05) is 30.7 Å². The van der Waals surface area contributed by atoms with E-state index in [4.69, 9.17) is 11.6 Å². The van der Waals surface area contributed by atoms with Gasteiger partial charge in [0.25, 0.3) is 10.0 Å². The van der Waals surface area contributed by atoms with E-state index in [1.165, 1.54) is 6.20 Å². The summed E-state index contributed by atoms with van der Waals surface area (Å²) in [5.74, 6) is 0.142. The Kier molecular flexibility index (Phi) is 3.79. The fourth-order valence-corrected chi connectivity index (χ4v) is 5.28. The smallest absolute Gasteiger partial charge is 0.260 e. The maximum Gasteiger partial charge on any atom is 0.260 e. The molecule has 20 heavy (non-hydrogen) atoms. The highest BCUT2D eigenvalue weighted by Gasteiger charge is 2.41. The Morgan fingerprint density at radius 1 is 1.50 bits per heavy atom. The monoisotopic (exact) mass is 318 g/mol. The van der Waals surface area contributed by atoms with E-state index in [-0.39, 0.29) is 16.9 Å². The minimum absolute atomic E-state index is 0.0270. The summed E-state index contributed by atoms with van der Waals surface area (Å²) in [7, 11) is -3.55. The highest BCUT2D eigenvalue weighted by atomic mass is 35.5. The molecule has 0 saturated carbocycles. The van der Waals surface area contributed by atoms with Crippen molar-refractivity contribution in [3.05, 3.63) is 11.8 Å². The number of nitrogens with one attached hydrogen (secondary N) is 1. The minimum atomic E-state index is -3.55. The van der Waals surface area contributed by atoms with Crippen LogP contribution in [0.2, 0.25) is 0 Å². The van der Waals surface area contributed by atoms with Gasteiger partial charge < -0.3 is 0 Å². The number of H-pyrrole nitrogens is 1. The summed E-state index contributed by atoms with van der Waals surface area (Å²) in [5, 5.41) is 6.56. The zero-order valence-corrected chi connectivity index (χ0v) is 13.0. The summed E-state index contributed by atoms with van der Waals surface area (Å²) in [6.07, 6.45) is 3.71. The van der Waals surface area contributed by atoms with E-state index in [0.29, 0.717) is 18.2 Å². The second-order valence-corrected chi connectivity index (χ2v) is 7.67. The molecule has 8 heteroatoms. The molecule has 3 rings (SSSR count). The fraction of sp³-hybridized carbons (Fsp3) is 0.750. The van der Waals surface area contributed by atoms with Crippen molar-refractivity contribution >= 4 is 21.6 Å². The molecule has 112 valence electrons. The first kappa shape index (κ1) is 14.3. The highest BCUT2D eigenvalue weighted by molar-refractivity contribution is 7.89. The maximum atomic E-state index is 12.8. The zero-order chi connectivity index (χ0) is 14.3. The van der Waals surface area contributed by atoms with Crippen LogP contribution in [0.1, 0.15) is 25.3 Å². The molecule has 2 fully saturated rings. The van der Waals surface area contributed by atoms with Gasteiger partial charge in [-0.25, -0.2) is 8.42 Å². The van der Waals surface area contributed by atoms with E-state index >= 15 is 0 Å². The summed E-state index contributed by atoms with van der Waals surface area (Å²) in [6, 6.07) is 0.323. The lowest BCUT2D eigenvalue weighted by Gasteiger charge is -2.41. The molecule has 6 nitrogen and oxygen atoms in total. The van der Waals surface area contributed by atoms with Gasteiger partial charge in [-0.2, -0.15) is 9.40 Å². The largest absolute Gasteiger partial charge is 0.297 e. The topological polar surface area (TPSA) is 69.3 Å². The Balaban J connectivity index is 1.91. The molecule has 0 spiro atoms. The quantitative estimate of drug-likeness (QED) is 0.844. The molecule has 2 atom stereocenters. The fourth-order valence-electron chi connectivity index (χ4n) is 3.23. The van der Waals surface area contributed by atoms with Crippen molar-refractivity contribution in [2.75, 3.05) is 19.6 Å². The lowest BCUT2D eigenvalue weighted by molar-refractivity contribution is 0.117. The number of aromatic amines is 1. The predicted octanol–water partition coefficient (Wildman–Crippen LogP) is 1.01. The average Bonchev–Trinajstić information content (AvgIpc) is 3.05. The maximum absolute atomic E-state index is 12.8. The summed E-state index contributed by atoms with van der Waals surface area (Å²) >= 11 is 5.79. The van der Waals surface area contributed by atoms with E-state index in [2.05, 4.69) is 15.1 Å². The van der Waals surface area contributed by atoms with E-state index in [1.807, 2.05) is 6.92 Å². The number of nitrogens with zero attached hydrogens (tertiary/aromatic N) is 3. The Morgan fingerprint density at radius 3 is 3.05 bits per heavy atom. The lowest BCUT2D eigenvalue weighted by atomic mass is 10.1. The molecule has 1 N–H and O–H groups in total. The van der Waals surface area contributed by atoms with Crippen molar-refractivity contribution in [1.82, 2.24) is 19.4 Å². The van der Waals surface area contributed by atoms with Crippen LogP contribution < -0.4 is 0 Å². The van der Waals surface area contributed by atoms with Gasteiger partial charge in [0.1, 0.15) is 0 Å². The van der Waals surface area contributed by atoms with Gasteiger partial charge in [-0.15, -0.1) is 11.6 Å². The van der Waals surface area contributed by atoms with Crippen LogP contribution in [-0.4, -0.2) is 59.5 Å². The van der Waals surface area contributed by atoms with Crippen LogP contribution in [0.4, 0.5) is 0 Å². The Bertz CT molecular complexity index is 588. The highest BCUT2D eigenvalue weighted by Crippen LogP contribution is 2.29. The van der Waals surface area contributed by atoms with Crippen LogP contribution in [0, 0.1) is 0 Å². The SMILES string of the molecule is CC1CN2CCCC2CN1S(=O)(=O)c1[nH]ncc1CCl. The van der Waals surface area contributed by atoms with Gasteiger partial charge >= 0.3 is 0 Å². The molecular weight excluding hydrogens is 300 g/mol. The van der Waals surface area contributed by atoms with Gasteiger partial charge in [0.15, 0.2) is 5.03 Å². The first-order valence-electron chi connectivity index (χ1n) is 6.88. The van der Waals surface area contributed by atoms with Crippen molar-refractivity contribution in [2.45, 2.75) is 42.8 Å². The summed E-state index contributed by atoms with van der Waals surface area (Å²) in [5.41, 5.74) is 0.535. The molecule has 0 aliphatic carbocycles. The number of aromatic nitrogens is 2. The minimum Gasteiger partial charge on any atom is -0.297 e. The number of fused-ring (bicyclic) bond motifs is 1. The van der Waals surface area contributed by atoms with Crippen LogP contribution in [0.5, 0.6) is 0 Å². The molecule has 0 amide bonds. The van der Waals surface area contributed by atoms with E-state index in [0.717, 1.165) is 25.9 Å². The zero-order valence-electron chi connectivity index (χ0n) is 11.4. The third-order valence-electron chi connectivity index (χ3n) is 4.27. The third-order valence-corrected chi connectivity index (χ3v) is 6.55. The Labute approximate surface area is 124 Å². The standard InChI is InChI=1S/C12H19ClN4O2S/c1-9-7-16-4-2-3-11(16)8-17(9)20(18,19)12-10(5-13)6-14-15-12/h6,9,11H,2-5,7-8H2,1H3,(H,14,15). The normalized spacial score (nSPS) is 28.7. The molecule has 2 unspecified atom stereocenters. The Morgan fingerprint density at radius 2 is 2.30 bits per heavy atom. The second-order valence-electron chi connectivity index (χ2n) is 5.57. The van der Waals surface area contributed by atoms with Gasteiger partial charge in [-0.1, -0.05) is 0 Å². The number of rotatable bonds is 3. The van der Waals surface area contributed by atoms with Crippen molar-refractivity contribution in [3.63, 3.8) is 0 Å². The number of alkyl halides is 1. The molecular formula is C12H19ClN4O2S. The Hall–Kier alpha value is -0.630. The van der Waals surface area contributed by atoms with Crippen molar-refractivity contribution in [3.8, 4) is 0 Å². The molecule has 2 aliphatic heterocycles. The van der Waals surface area contributed by atoms with Crippen LogP contribution in [0.25, 0.3) is 0 Å². The third kappa shape index (κ3) is 2.26. The van der Waals surface area contributed by atoms with E-state index in [1.54, 1.807) is 4.31 Å². The molecule has 1 aromatic heterocycles. The van der Waals surface area contributed by atoms with Crippen molar-refractivity contribution in [1.29, 1.82) is 0 Å². The van der Waals surface area contributed by atoms with Gasteiger partial charge in [0.05, 0.1) is 12.1 Å². The van der Waals surface area contributed by atoms with E-state index < -0.39 is 10.0 Å². The van der Waals surface area contributed by atoms with Gasteiger partial charge in [-0.3, -0.25) is 10.00 Å². The summed E-state index contributed by atoms with van der Waals surface area (Å²) in [4.78, 5) is 2.39. The van der Waals surface area contributed by atoms with Crippen LogP contribution in [-0.2, 0) is 15.9 Å². The summed E-state index contributed by atoms with van der Waals surface area (Å²) in [6.45, 7) is 4.40. The van der Waals surface area contributed by atoms with Gasteiger partial charge in [-0.05, 0) is 26.3 Å². The van der Waals surface area contributed by atoms with E-state index in [9.17, 15) is 8.42 Å². The molecule has 2 aliphatic rings. The number of hydrogen-bond donors (Lipinski definition) is 1. The first-order valence-corrected chi connectivity index (χ1v) is 8.85. The molecule has 0 bridgehead atoms. The summed E-state index contributed by atoms with van der Waals surface area (Å²) < 4.78 is 27.2. The molecule has 2 saturated heterocycles. The van der Waals surface area contributed by atoms with Crippen molar-refractivity contribution in [2.24, 2.45) is 0 Å². The molecule has 1 aromatic rings. The first-order chi connectivity index (χ1) is 9.54. The van der Waals surface area contributed by atoms with Crippen LogP contribution >= 0.6 is 11.6 Å². The number of sulfonamides is 1. The average molecular weight is 319 g/mol.